The summed E-state index contributed by atoms with van der Waals surface area (Å²) >= 11 is 12.5. The van der Waals surface area contributed by atoms with E-state index >= 15 is 0 Å². The number of carbonyl (C=O) groups is 2. The van der Waals surface area contributed by atoms with Crippen LogP contribution in [-0.4, -0.2) is 52.4 Å². The molecular weight excluding hydrogens is 533 g/mol. The molecule has 0 saturated carbocycles. The predicted octanol–water partition coefficient (Wildman–Crippen LogP) is 5.85. The number of likely N-dealkylation sites (N-methyl/N-ethyl adjacent to an activating group) is 1. The molecule has 3 amide bonds. The smallest absolute Gasteiger partial charge is 0.310 e. The highest BCUT2D eigenvalue weighted by atomic mass is 35.5. The van der Waals surface area contributed by atoms with Gasteiger partial charge in [-0.15, -0.1) is 0 Å². The first-order valence-electron chi connectivity index (χ1n) is 12.4. The zero-order valence-electron chi connectivity index (χ0n) is 21.0. The Bertz CT molecular complexity index is 1650. The lowest BCUT2D eigenvalue weighted by molar-refractivity contribution is -0.124. The first-order chi connectivity index (χ1) is 18.8. The largest absolute Gasteiger partial charge is 0.332 e. The van der Waals surface area contributed by atoms with Gasteiger partial charge in [-0.2, -0.15) is 5.26 Å². The topological polar surface area (TPSA) is 80.5 Å². The SMILES string of the molecule is CN1C(=O)N(c2cc(Cl)cc(Cl)c2)C(=O)[C@]12CN(Cc1ccc3ncccc3c1)C[C@H]2c1ccc(C#N)cc1. The van der Waals surface area contributed by atoms with Gasteiger partial charge in [0.05, 0.1) is 22.8 Å². The third-order valence-electron chi connectivity index (χ3n) is 7.75. The quantitative estimate of drug-likeness (QED) is 0.295. The maximum Gasteiger partial charge on any atom is 0.332 e. The second kappa shape index (κ2) is 9.65. The number of halogens is 2. The van der Waals surface area contributed by atoms with Crippen LogP contribution in [0.2, 0.25) is 10.0 Å². The van der Waals surface area contributed by atoms with Crippen LogP contribution >= 0.6 is 23.2 Å². The molecule has 0 aliphatic carbocycles. The molecule has 7 nitrogen and oxygen atoms in total. The lowest BCUT2D eigenvalue weighted by atomic mass is 9.80. The van der Waals surface area contributed by atoms with Crippen LogP contribution in [0.25, 0.3) is 10.9 Å². The Labute approximate surface area is 235 Å². The van der Waals surface area contributed by atoms with E-state index in [9.17, 15) is 14.9 Å². The summed E-state index contributed by atoms with van der Waals surface area (Å²) in [6.07, 6.45) is 1.77. The Hall–Kier alpha value is -3.96. The van der Waals surface area contributed by atoms with Crippen LogP contribution in [0.3, 0.4) is 0 Å². The molecule has 0 N–H and O–H groups in total. The summed E-state index contributed by atoms with van der Waals surface area (Å²) < 4.78 is 0. The van der Waals surface area contributed by atoms with Gasteiger partial charge in [-0.25, -0.2) is 9.69 Å². The van der Waals surface area contributed by atoms with E-state index in [4.69, 9.17) is 23.2 Å². The van der Waals surface area contributed by atoms with Crippen molar-refractivity contribution >= 4 is 51.7 Å². The van der Waals surface area contributed by atoms with Crippen molar-refractivity contribution in [3.63, 3.8) is 0 Å². The van der Waals surface area contributed by atoms with Gasteiger partial charge in [-0.3, -0.25) is 14.7 Å². The van der Waals surface area contributed by atoms with Crippen molar-refractivity contribution in [2.75, 3.05) is 25.0 Å². The van der Waals surface area contributed by atoms with Gasteiger partial charge in [0.1, 0.15) is 5.54 Å². The van der Waals surface area contributed by atoms with Crippen LogP contribution < -0.4 is 4.90 Å². The van der Waals surface area contributed by atoms with Gasteiger partial charge in [0.25, 0.3) is 5.91 Å². The zero-order valence-corrected chi connectivity index (χ0v) is 22.5. The summed E-state index contributed by atoms with van der Waals surface area (Å²) in [6, 6.07) is 23.7. The van der Waals surface area contributed by atoms with Crippen LogP contribution in [0.5, 0.6) is 0 Å². The number of amides is 3. The van der Waals surface area contributed by atoms with Gasteiger partial charge in [-0.05, 0) is 59.7 Å². The van der Waals surface area contributed by atoms with E-state index < -0.39 is 11.6 Å². The normalized spacial score (nSPS) is 21.3. The molecule has 2 atom stereocenters. The molecule has 9 heteroatoms. The molecule has 2 saturated heterocycles. The number of imide groups is 1. The number of nitriles is 1. The van der Waals surface area contributed by atoms with E-state index in [0.717, 1.165) is 22.0 Å². The number of hydrogen-bond donors (Lipinski definition) is 0. The van der Waals surface area contributed by atoms with E-state index in [1.54, 1.807) is 48.5 Å². The number of benzene rings is 3. The van der Waals surface area contributed by atoms with Crippen LogP contribution in [-0.2, 0) is 11.3 Å². The third-order valence-corrected chi connectivity index (χ3v) is 8.19. The van der Waals surface area contributed by atoms with Crippen molar-refractivity contribution in [1.82, 2.24) is 14.8 Å². The first kappa shape index (κ1) is 25.3. The minimum atomic E-state index is -1.15. The van der Waals surface area contributed by atoms with Crippen molar-refractivity contribution in [2.24, 2.45) is 0 Å². The molecule has 2 aliphatic heterocycles. The monoisotopic (exact) mass is 555 g/mol. The molecule has 1 aromatic heterocycles. The Morgan fingerprint density at radius 1 is 1.03 bits per heavy atom. The van der Waals surface area contributed by atoms with E-state index in [2.05, 4.69) is 22.0 Å². The first-order valence-corrected chi connectivity index (χ1v) is 13.2. The number of aromatic nitrogens is 1. The van der Waals surface area contributed by atoms with Gasteiger partial charge in [0.15, 0.2) is 0 Å². The fourth-order valence-electron chi connectivity index (χ4n) is 5.90. The van der Waals surface area contributed by atoms with Crippen molar-refractivity contribution in [1.29, 1.82) is 5.26 Å². The summed E-state index contributed by atoms with van der Waals surface area (Å²) in [5.41, 5.74) is 2.61. The number of fused-ring (bicyclic) bond motifs is 1. The Balaban J connectivity index is 1.41. The second-order valence-corrected chi connectivity index (χ2v) is 10.9. The van der Waals surface area contributed by atoms with E-state index in [-0.39, 0.29) is 11.8 Å². The standard InChI is InChI=1S/C30H23Cl2N5O2/c1-35-29(39)37(25-13-23(31)12-24(32)14-25)28(38)30(35)18-36(17-26(30)21-7-4-19(15-33)5-8-21)16-20-6-9-27-22(11-20)3-2-10-34-27/h2-14,26H,16-18H2,1H3/t26-,30+/m0/s1. The molecule has 39 heavy (non-hydrogen) atoms. The summed E-state index contributed by atoms with van der Waals surface area (Å²) in [4.78, 5) is 37.4. The molecule has 3 heterocycles. The van der Waals surface area contributed by atoms with Gasteiger partial charge >= 0.3 is 6.03 Å². The lowest BCUT2D eigenvalue weighted by Crippen LogP contribution is -2.53. The highest BCUT2D eigenvalue weighted by Gasteiger charge is 2.64. The zero-order chi connectivity index (χ0) is 27.3. The molecule has 6 rings (SSSR count). The Kier molecular flexibility index (Phi) is 6.27. The van der Waals surface area contributed by atoms with E-state index in [1.165, 1.54) is 4.90 Å². The number of hydrogen-bond acceptors (Lipinski definition) is 5. The number of pyridine rings is 1. The molecule has 0 radical (unpaired) electrons. The molecule has 2 aliphatic rings. The highest BCUT2D eigenvalue weighted by Crippen LogP contribution is 2.47. The summed E-state index contributed by atoms with van der Waals surface area (Å²) in [6.45, 7) is 1.48. The van der Waals surface area contributed by atoms with Crippen molar-refractivity contribution in [2.45, 2.75) is 18.0 Å². The molecular formula is C30H23Cl2N5O2. The highest BCUT2D eigenvalue weighted by molar-refractivity contribution is 6.35. The Morgan fingerprint density at radius 2 is 1.77 bits per heavy atom. The average molecular weight is 556 g/mol. The Morgan fingerprint density at radius 3 is 2.49 bits per heavy atom. The van der Waals surface area contributed by atoms with Crippen molar-refractivity contribution in [3.05, 3.63) is 106 Å². The molecule has 1 spiro atoms. The second-order valence-electron chi connectivity index (χ2n) is 10.0. The van der Waals surface area contributed by atoms with Gasteiger partial charge in [0.2, 0.25) is 0 Å². The average Bonchev–Trinajstić information content (AvgIpc) is 3.39. The summed E-state index contributed by atoms with van der Waals surface area (Å²) in [5, 5.41) is 11.0. The predicted molar refractivity (Wildman–Crippen MR) is 151 cm³/mol. The molecule has 194 valence electrons. The maximum absolute atomic E-state index is 14.3. The number of urea groups is 1. The van der Waals surface area contributed by atoms with E-state index in [0.29, 0.717) is 40.9 Å². The van der Waals surface area contributed by atoms with Crippen LogP contribution in [0.4, 0.5) is 10.5 Å². The number of carbonyl (C=O) groups excluding carboxylic acids is 2. The van der Waals surface area contributed by atoms with Crippen LogP contribution in [0.15, 0.2) is 79.0 Å². The number of likely N-dealkylation sites (tertiary alicyclic amines) is 1. The lowest BCUT2D eigenvalue weighted by Gasteiger charge is -2.34. The number of anilines is 1. The van der Waals surface area contributed by atoms with Crippen LogP contribution in [0.1, 0.15) is 22.6 Å². The molecule has 2 fully saturated rings. The van der Waals surface area contributed by atoms with Crippen molar-refractivity contribution in [3.8, 4) is 6.07 Å². The van der Waals surface area contributed by atoms with Crippen molar-refractivity contribution < 1.29 is 9.59 Å². The van der Waals surface area contributed by atoms with Gasteiger partial charge in [-0.1, -0.05) is 47.5 Å². The molecule has 0 unspecified atom stereocenters. The maximum atomic E-state index is 14.3. The summed E-state index contributed by atoms with van der Waals surface area (Å²) in [7, 11) is 1.67. The fourth-order valence-corrected chi connectivity index (χ4v) is 6.41. The fraction of sp³-hybridized carbons (Fsp3) is 0.200. The van der Waals surface area contributed by atoms with Crippen LogP contribution in [0, 0.1) is 11.3 Å². The number of nitrogens with zero attached hydrogens (tertiary/aromatic N) is 5. The minimum Gasteiger partial charge on any atom is -0.310 e. The number of rotatable bonds is 4. The molecule has 0 bridgehead atoms. The minimum absolute atomic E-state index is 0.325. The third kappa shape index (κ3) is 4.22. The van der Waals surface area contributed by atoms with Gasteiger partial charge < -0.3 is 4.90 Å². The van der Waals surface area contributed by atoms with Gasteiger partial charge in [0, 0.05) is 54.2 Å². The van der Waals surface area contributed by atoms with E-state index in [1.807, 2.05) is 36.4 Å². The molecule has 3 aromatic carbocycles. The molecule has 4 aromatic rings. The summed E-state index contributed by atoms with van der Waals surface area (Å²) in [5.74, 6) is -0.652.